The Hall–Kier alpha value is -1.95. The summed E-state index contributed by atoms with van der Waals surface area (Å²) in [5.41, 5.74) is 0.259. The summed E-state index contributed by atoms with van der Waals surface area (Å²) < 4.78 is 0. The molecule has 0 aliphatic carbocycles. The van der Waals surface area contributed by atoms with Crippen molar-refractivity contribution in [2.75, 3.05) is 0 Å². The number of Topliss-reactive ketones (excluding diaryl/α,β-unsaturated/α-hetero) is 1. The summed E-state index contributed by atoms with van der Waals surface area (Å²) >= 11 is 1.29. The fourth-order valence-electron chi connectivity index (χ4n) is 1.30. The number of carbonyl (C=O) groups excluding carboxylic acids is 1. The van der Waals surface area contributed by atoms with E-state index in [-0.39, 0.29) is 11.3 Å². The van der Waals surface area contributed by atoms with Crippen LogP contribution in [-0.2, 0) is 0 Å². The Morgan fingerprint density at radius 3 is 2.78 bits per heavy atom. The lowest BCUT2D eigenvalue weighted by atomic mass is 10.2. The Bertz CT molecular complexity index is 607. The molecule has 6 heteroatoms. The van der Waals surface area contributed by atoms with Gasteiger partial charge in [-0.3, -0.25) is 14.6 Å². The maximum atomic E-state index is 11.4. The second-order valence-corrected chi connectivity index (χ2v) is 4.56. The molecule has 92 valence electrons. The van der Waals surface area contributed by atoms with Crippen molar-refractivity contribution in [2.24, 2.45) is 0 Å². The number of rotatable bonds is 4. The smallest absolute Gasteiger partial charge is 0.251 e. The number of aromatic amines is 1. The Kier molecular flexibility index (Phi) is 3.88. The van der Waals surface area contributed by atoms with Crippen molar-refractivity contribution in [3.8, 4) is 0 Å². The summed E-state index contributed by atoms with van der Waals surface area (Å²) in [7, 11) is 0. The van der Waals surface area contributed by atoms with Crippen molar-refractivity contribution >= 4 is 17.5 Å². The van der Waals surface area contributed by atoms with Gasteiger partial charge in [-0.2, -0.15) is 0 Å². The average molecular weight is 261 g/mol. The number of carbonyl (C=O) groups is 1. The summed E-state index contributed by atoms with van der Waals surface area (Å²) in [6, 6.07) is 4.81. The monoisotopic (exact) mass is 261 g/mol. The van der Waals surface area contributed by atoms with E-state index in [4.69, 9.17) is 0 Å². The first-order valence-electron chi connectivity index (χ1n) is 5.41. The topological polar surface area (TPSA) is 75.7 Å². The van der Waals surface area contributed by atoms with Crippen LogP contribution in [0.15, 0.2) is 45.4 Å². The number of nitrogens with zero attached hydrogens (tertiary/aromatic N) is 2. The summed E-state index contributed by atoms with van der Waals surface area (Å²) in [6.07, 6.45) is 3.48. The molecule has 18 heavy (non-hydrogen) atoms. The molecule has 2 heterocycles. The molecule has 2 aromatic heterocycles. The first kappa shape index (κ1) is 12.5. The minimum Gasteiger partial charge on any atom is -0.301 e. The predicted molar refractivity (Wildman–Crippen MR) is 67.8 cm³/mol. The number of hydrogen-bond donors (Lipinski definition) is 1. The molecule has 0 aliphatic rings. The van der Waals surface area contributed by atoms with Crippen LogP contribution in [0.3, 0.4) is 0 Å². The van der Waals surface area contributed by atoms with E-state index < -0.39 is 0 Å². The quantitative estimate of drug-likeness (QED) is 0.672. The number of nitrogens with one attached hydrogen (secondary N) is 1. The van der Waals surface area contributed by atoms with Crippen LogP contribution in [-0.4, -0.2) is 20.7 Å². The molecule has 0 amide bonds. The summed E-state index contributed by atoms with van der Waals surface area (Å²) in [5.74, 6) is 0.0118. The zero-order chi connectivity index (χ0) is 13.0. The molecule has 0 atom stereocenters. The van der Waals surface area contributed by atoms with E-state index in [2.05, 4.69) is 15.0 Å². The van der Waals surface area contributed by atoms with Gasteiger partial charge in [-0.1, -0.05) is 18.7 Å². The maximum Gasteiger partial charge on any atom is 0.251 e. The van der Waals surface area contributed by atoms with E-state index >= 15 is 0 Å². The molecule has 0 spiro atoms. The third kappa shape index (κ3) is 3.04. The lowest BCUT2D eigenvalue weighted by molar-refractivity contribution is 0.0983. The number of ketones is 1. The van der Waals surface area contributed by atoms with E-state index in [1.54, 1.807) is 25.3 Å². The number of pyridine rings is 1. The third-order valence-corrected chi connectivity index (χ3v) is 3.08. The molecule has 0 fully saturated rings. The van der Waals surface area contributed by atoms with Crippen LogP contribution in [0.1, 0.15) is 23.8 Å². The fraction of sp³-hybridized carbons (Fsp3) is 0.167. The Balaban J connectivity index is 2.16. The second-order valence-electron chi connectivity index (χ2n) is 3.50. The molecular weight excluding hydrogens is 250 g/mol. The van der Waals surface area contributed by atoms with Gasteiger partial charge in [0, 0.05) is 29.8 Å². The van der Waals surface area contributed by atoms with Crippen LogP contribution in [0, 0.1) is 0 Å². The van der Waals surface area contributed by atoms with Crippen LogP contribution in [0.25, 0.3) is 0 Å². The third-order valence-electron chi connectivity index (χ3n) is 2.21. The zero-order valence-corrected chi connectivity index (χ0v) is 10.5. The van der Waals surface area contributed by atoms with E-state index in [1.807, 2.05) is 0 Å². The Morgan fingerprint density at radius 2 is 2.17 bits per heavy atom. The van der Waals surface area contributed by atoms with E-state index in [1.165, 1.54) is 24.0 Å². The fourth-order valence-corrected chi connectivity index (χ4v) is 2.03. The molecule has 0 saturated heterocycles. The largest absolute Gasteiger partial charge is 0.301 e. The number of hydrogen-bond acceptors (Lipinski definition) is 5. The summed E-state index contributed by atoms with van der Waals surface area (Å²) in [4.78, 5) is 34.0. The lowest BCUT2D eigenvalue weighted by Gasteiger charge is -2.01. The summed E-state index contributed by atoms with van der Waals surface area (Å²) in [5, 5.41) is 0.499. The van der Waals surface area contributed by atoms with Crippen molar-refractivity contribution in [3.63, 3.8) is 0 Å². The molecule has 0 unspecified atom stereocenters. The minimum atomic E-state index is -0.196. The highest BCUT2D eigenvalue weighted by Gasteiger charge is 2.05. The molecule has 0 bridgehead atoms. The van der Waals surface area contributed by atoms with Gasteiger partial charge in [0.2, 0.25) is 0 Å². The standard InChI is InChI=1S/C12H11N3O2S/c1-2-10(16)9-4-3-8(7-14-9)18-12-13-6-5-11(17)15-12/h3-7H,2H2,1H3,(H,13,15,17). The predicted octanol–water partition coefficient (Wildman–Crippen LogP) is 1.91. The van der Waals surface area contributed by atoms with Gasteiger partial charge in [0.05, 0.1) is 0 Å². The van der Waals surface area contributed by atoms with E-state index in [0.717, 1.165) is 4.90 Å². The number of H-pyrrole nitrogens is 1. The normalized spacial score (nSPS) is 10.3. The second kappa shape index (κ2) is 5.59. The summed E-state index contributed by atoms with van der Waals surface area (Å²) in [6.45, 7) is 1.80. The molecule has 0 aliphatic heterocycles. The first-order valence-corrected chi connectivity index (χ1v) is 6.23. The molecular formula is C12H11N3O2S. The van der Waals surface area contributed by atoms with Gasteiger partial charge in [0.1, 0.15) is 5.69 Å². The Labute approximate surface area is 108 Å². The van der Waals surface area contributed by atoms with Crippen molar-refractivity contribution in [1.29, 1.82) is 0 Å². The highest BCUT2D eigenvalue weighted by molar-refractivity contribution is 7.99. The molecule has 5 nitrogen and oxygen atoms in total. The Morgan fingerprint density at radius 1 is 1.33 bits per heavy atom. The number of aromatic nitrogens is 3. The van der Waals surface area contributed by atoms with Crippen LogP contribution in [0.5, 0.6) is 0 Å². The van der Waals surface area contributed by atoms with Gasteiger partial charge in [-0.25, -0.2) is 4.98 Å². The van der Waals surface area contributed by atoms with Crippen LogP contribution in [0.2, 0.25) is 0 Å². The van der Waals surface area contributed by atoms with Gasteiger partial charge in [0.15, 0.2) is 10.9 Å². The SMILES string of the molecule is CCC(=O)c1ccc(Sc2nccc(=O)[nH]2)cn1. The van der Waals surface area contributed by atoms with Crippen LogP contribution >= 0.6 is 11.8 Å². The van der Waals surface area contributed by atoms with Gasteiger partial charge in [-0.05, 0) is 12.1 Å². The maximum absolute atomic E-state index is 11.4. The molecule has 0 aromatic carbocycles. The van der Waals surface area contributed by atoms with Gasteiger partial charge in [0.25, 0.3) is 5.56 Å². The molecule has 0 radical (unpaired) electrons. The van der Waals surface area contributed by atoms with Gasteiger partial charge < -0.3 is 4.98 Å². The van der Waals surface area contributed by atoms with Crippen LogP contribution < -0.4 is 5.56 Å². The van der Waals surface area contributed by atoms with Crippen LogP contribution in [0.4, 0.5) is 0 Å². The van der Waals surface area contributed by atoms with Crippen molar-refractivity contribution in [3.05, 3.63) is 46.6 Å². The zero-order valence-electron chi connectivity index (χ0n) is 9.71. The van der Waals surface area contributed by atoms with Crippen molar-refractivity contribution < 1.29 is 4.79 Å². The molecule has 2 aromatic rings. The van der Waals surface area contributed by atoms with E-state index in [0.29, 0.717) is 17.3 Å². The average Bonchev–Trinajstić information content (AvgIpc) is 2.39. The lowest BCUT2D eigenvalue weighted by Crippen LogP contribution is -2.05. The molecule has 0 saturated carbocycles. The van der Waals surface area contributed by atoms with Gasteiger partial charge in [-0.15, -0.1) is 0 Å². The highest BCUT2D eigenvalue weighted by atomic mass is 32.2. The first-order chi connectivity index (χ1) is 8.69. The van der Waals surface area contributed by atoms with Crippen molar-refractivity contribution in [2.45, 2.75) is 23.4 Å². The molecule has 2 rings (SSSR count). The van der Waals surface area contributed by atoms with E-state index in [9.17, 15) is 9.59 Å². The van der Waals surface area contributed by atoms with Gasteiger partial charge >= 0.3 is 0 Å². The molecule has 1 N–H and O–H groups in total. The minimum absolute atomic E-state index is 0.0118. The highest BCUT2D eigenvalue weighted by Crippen LogP contribution is 2.22. The van der Waals surface area contributed by atoms with Crippen molar-refractivity contribution in [1.82, 2.24) is 15.0 Å².